The van der Waals surface area contributed by atoms with Gasteiger partial charge in [0.1, 0.15) is 0 Å². The average Bonchev–Trinajstić information content (AvgIpc) is 2.27. The minimum Gasteiger partial charge on any atom is -0.324 e. The molecule has 0 aromatic heterocycles. The highest BCUT2D eigenvalue weighted by Crippen LogP contribution is 2.21. The largest absolute Gasteiger partial charge is 0.324 e. The van der Waals surface area contributed by atoms with Gasteiger partial charge in [0.15, 0.2) is 0 Å². The summed E-state index contributed by atoms with van der Waals surface area (Å²) in [7, 11) is 0. The summed E-state index contributed by atoms with van der Waals surface area (Å²) in [5.74, 6) is -0.358. The molecule has 0 radical (unpaired) electrons. The maximum Gasteiger partial charge on any atom is 0.271 e. The van der Waals surface area contributed by atoms with Gasteiger partial charge in [-0.05, 0) is 11.5 Å². The Morgan fingerprint density at radius 1 is 1.44 bits per heavy atom. The number of nitro groups is 1. The zero-order chi connectivity index (χ0) is 13.9. The number of nitrogens with two attached hydrogens (primary N) is 1. The number of hydrogen-bond donors (Lipinski definition) is 2. The van der Waals surface area contributed by atoms with Crippen LogP contribution >= 0.6 is 0 Å². The zero-order valence-corrected chi connectivity index (χ0v) is 10.6. The van der Waals surface area contributed by atoms with E-state index in [1.165, 1.54) is 18.2 Å². The second-order valence-electron chi connectivity index (χ2n) is 5.14. The van der Waals surface area contributed by atoms with Gasteiger partial charge in [-0.2, -0.15) is 0 Å². The Bertz CT molecular complexity index is 466. The van der Waals surface area contributed by atoms with Gasteiger partial charge in [-0.3, -0.25) is 14.9 Å². The molecule has 0 fully saturated rings. The molecule has 6 heteroatoms. The monoisotopic (exact) mass is 251 g/mol. The minimum absolute atomic E-state index is 0.0721. The Kier molecular flexibility index (Phi) is 4.03. The van der Waals surface area contributed by atoms with E-state index in [0.29, 0.717) is 5.69 Å². The molecule has 0 aliphatic carbocycles. The minimum atomic E-state index is -0.684. The molecular weight excluding hydrogens is 234 g/mol. The summed E-state index contributed by atoms with van der Waals surface area (Å²) in [6.07, 6.45) is 0. The molecule has 6 nitrogen and oxygen atoms in total. The van der Waals surface area contributed by atoms with Crippen molar-refractivity contribution in [3.8, 4) is 0 Å². The summed E-state index contributed by atoms with van der Waals surface area (Å²) in [6, 6.07) is 5.07. The van der Waals surface area contributed by atoms with Gasteiger partial charge in [0, 0.05) is 17.8 Å². The maximum absolute atomic E-state index is 11.8. The molecule has 0 unspecified atom stereocenters. The van der Waals surface area contributed by atoms with Crippen molar-refractivity contribution in [2.24, 2.45) is 11.1 Å². The van der Waals surface area contributed by atoms with Crippen molar-refractivity contribution in [3.63, 3.8) is 0 Å². The van der Waals surface area contributed by atoms with Gasteiger partial charge in [-0.1, -0.05) is 26.8 Å². The molecule has 18 heavy (non-hydrogen) atoms. The summed E-state index contributed by atoms with van der Waals surface area (Å²) in [4.78, 5) is 21.9. The fourth-order valence-corrected chi connectivity index (χ4v) is 1.31. The Morgan fingerprint density at radius 2 is 2.06 bits per heavy atom. The molecule has 0 aliphatic rings. The number of nitrogens with zero attached hydrogens (tertiary/aromatic N) is 1. The molecule has 0 saturated heterocycles. The van der Waals surface area contributed by atoms with Crippen molar-refractivity contribution in [1.29, 1.82) is 0 Å². The number of nitrogens with one attached hydrogen (secondary N) is 1. The van der Waals surface area contributed by atoms with Crippen LogP contribution in [-0.2, 0) is 4.79 Å². The highest BCUT2D eigenvalue weighted by atomic mass is 16.6. The van der Waals surface area contributed by atoms with Crippen LogP contribution in [0.2, 0.25) is 0 Å². The highest BCUT2D eigenvalue weighted by Gasteiger charge is 2.27. The first kappa shape index (κ1) is 14.1. The standard InChI is InChI=1S/C12H17N3O3/c1-12(2,3)10(13)11(16)14-8-5-4-6-9(7-8)15(17)18/h4-7,10H,13H2,1-3H3,(H,14,16)/t10-/m1/s1. The van der Waals surface area contributed by atoms with Crippen LogP contribution in [-0.4, -0.2) is 16.9 Å². The topological polar surface area (TPSA) is 98.3 Å². The Morgan fingerprint density at radius 3 is 2.56 bits per heavy atom. The molecule has 0 heterocycles. The van der Waals surface area contributed by atoms with E-state index in [0.717, 1.165) is 0 Å². The molecule has 0 aliphatic heterocycles. The van der Waals surface area contributed by atoms with Crippen molar-refractivity contribution in [3.05, 3.63) is 34.4 Å². The summed E-state index contributed by atoms with van der Waals surface area (Å²) >= 11 is 0. The first-order valence-electron chi connectivity index (χ1n) is 5.52. The van der Waals surface area contributed by atoms with Crippen molar-refractivity contribution < 1.29 is 9.72 Å². The fraction of sp³-hybridized carbons (Fsp3) is 0.417. The Labute approximate surface area is 105 Å². The van der Waals surface area contributed by atoms with Gasteiger partial charge in [0.2, 0.25) is 5.91 Å². The van der Waals surface area contributed by atoms with Crippen LogP contribution in [0.25, 0.3) is 0 Å². The first-order chi connectivity index (χ1) is 8.21. The normalized spacial score (nSPS) is 12.9. The van der Waals surface area contributed by atoms with Crippen LogP contribution in [0.15, 0.2) is 24.3 Å². The number of carbonyl (C=O) groups excluding carboxylic acids is 1. The third-order valence-electron chi connectivity index (χ3n) is 2.54. The van der Waals surface area contributed by atoms with E-state index in [1.54, 1.807) is 6.07 Å². The number of rotatable bonds is 3. The average molecular weight is 251 g/mol. The van der Waals surface area contributed by atoms with Crippen LogP contribution in [0.4, 0.5) is 11.4 Å². The molecule has 1 rings (SSSR count). The van der Waals surface area contributed by atoms with Crippen LogP contribution in [0.5, 0.6) is 0 Å². The van der Waals surface area contributed by atoms with E-state index in [9.17, 15) is 14.9 Å². The molecule has 1 aromatic carbocycles. The second-order valence-corrected chi connectivity index (χ2v) is 5.14. The van der Waals surface area contributed by atoms with E-state index >= 15 is 0 Å². The molecule has 1 atom stereocenters. The van der Waals surface area contributed by atoms with E-state index in [2.05, 4.69) is 5.32 Å². The fourth-order valence-electron chi connectivity index (χ4n) is 1.31. The Balaban J connectivity index is 2.82. The van der Waals surface area contributed by atoms with Crippen LogP contribution in [0, 0.1) is 15.5 Å². The van der Waals surface area contributed by atoms with E-state index in [4.69, 9.17) is 5.73 Å². The summed E-state index contributed by atoms with van der Waals surface area (Å²) < 4.78 is 0. The van der Waals surface area contributed by atoms with Crippen molar-refractivity contribution in [1.82, 2.24) is 0 Å². The highest BCUT2D eigenvalue weighted by molar-refractivity contribution is 5.95. The number of carbonyl (C=O) groups is 1. The summed E-state index contributed by atoms with van der Waals surface area (Å²) in [5, 5.41) is 13.2. The van der Waals surface area contributed by atoms with Gasteiger partial charge in [-0.15, -0.1) is 0 Å². The third kappa shape index (κ3) is 3.53. The maximum atomic E-state index is 11.8. The Hall–Kier alpha value is -1.95. The predicted octanol–water partition coefficient (Wildman–Crippen LogP) is 1.91. The van der Waals surface area contributed by atoms with Gasteiger partial charge >= 0.3 is 0 Å². The van der Waals surface area contributed by atoms with Crippen molar-refractivity contribution in [2.75, 3.05) is 5.32 Å². The lowest BCUT2D eigenvalue weighted by atomic mass is 9.87. The predicted molar refractivity (Wildman–Crippen MR) is 69.2 cm³/mol. The zero-order valence-electron chi connectivity index (χ0n) is 10.6. The van der Waals surface area contributed by atoms with Crippen LogP contribution in [0.1, 0.15) is 20.8 Å². The van der Waals surface area contributed by atoms with Gasteiger partial charge in [-0.25, -0.2) is 0 Å². The van der Waals surface area contributed by atoms with Gasteiger partial charge < -0.3 is 11.1 Å². The molecule has 98 valence electrons. The molecule has 3 N–H and O–H groups in total. The molecule has 0 bridgehead atoms. The van der Waals surface area contributed by atoms with Crippen LogP contribution < -0.4 is 11.1 Å². The second kappa shape index (κ2) is 5.14. The molecule has 1 aromatic rings. The molecular formula is C12H17N3O3. The van der Waals surface area contributed by atoms with Gasteiger partial charge in [0.25, 0.3) is 5.69 Å². The smallest absolute Gasteiger partial charge is 0.271 e. The molecule has 0 spiro atoms. The molecule has 1 amide bonds. The number of hydrogen-bond acceptors (Lipinski definition) is 4. The number of amides is 1. The van der Waals surface area contributed by atoms with Gasteiger partial charge in [0.05, 0.1) is 11.0 Å². The molecule has 0 saturated carbocycles. The number of benzene rings is 1. The van der Waals surface area contributed by atoms with Crippen molar-refractivity contribution in [2.45, 2.75) is 26.8 Å². The first-order valence-corrected chi connectivity index (χ1v) is 5.52. The van der Waals surface area contributed by atoms with E-state index < -0.39 is 11.0 Å². The third-order valence-corrected chi connectivity index (χ3v) is 2.54. The van der Waals surface area contributed by atoms with E-state index in [-0.39, 0.29) is 17.0 Å². The quantitative estimate of drug-likeness (QED) is 0.633. The van der Waals surface area contributed by atoms with E-state index in [1.807, 2.05) is 20.8 Å². The summed E-state index contributed by atoms with van der Waals surface area (Å²) in [6.45, 7) is 5.56. The summed E-state index contributed by atoms with van der Waals surface area (Å²) in [5.41, 5.74) is 5.72. The van der Waals surface area contributed by atoms with Crippen molar-refractivity contribution >= 4 is 17.3 Å². The lowest BCUT2D eigenvalue weighted by molar-refractivity contribution is -0.384. The number of anilines is 1. The van der Waals surface area contributed by atoms with Crippen LogP contribution in [0.3, 0.4) is 0 Å². The SMILES string of the molecule is CC(C)(C)[C@H](N)C(=O)Nc1cccc([N+](=O)[O-])c1. The number of nitro benzene ring substituents is 1. The number of non-ortho nitro benzene ring substituents is 1. The lowest BCUT2D eigenvalue weighted by Crippen LogP contribution is -2.45. The lowest BCUT2D eigenvalue weighted by Gasteiger charge is -2.25.